The first kappa shape index (κ1) is 32.9. The van der Waals surface area contributed by atoms with Crippen molar-refractivity contribution in [2.24, 2.45) is 0 Å². The smallest absolute Gasteiger partial charge is 0.227 e. The molecule has 0 aliphatic carbocycles. The summed E-state index contributed by atoms with van der Waals surface area (Å²) in [5.41, 5.74) is 3.17. The van der Waals surface area contributed by atoms with Crippen LogP contribution in [-0.4, -0.2) is 67.6 Å². The number of hydrogen-bond donors (Lipinski definition) is 0. The summed E-state index contributed by atoms with van der Waals surface area (Å²) in [5, 5.41) is 0. The summed E-state index contributed by atoms with van der Waals surface area (Å²) in [6.07, 6.45) is 0.751. The first-order chi connectivity index (χ1) is 22.5. The molecule has 1 aliphatic heterocycles. The number of ether oxygens (including phenoxy) is 2. The van der Waals surface area contributed by atoms with Crippen LogP contribution in [0.2, 0.25) is 0 Å². The maximum Gasteiger partial charge on any atom is 0.227 e. The highest BCUT2D eigenvalue weighted by Crippen LogP contribution is 2.25. The monoisotopic (exact) mass is 623 g/mol. The molecular weight excluding hydrogens is 581 g/mol. The zero-order valence-electron chi connectivity index (χ0n) is 26.2. The van der Waals surface area contributed by atoms with E-state index in [-0.39, 0.29) is 37.0 Å². The quantitative estimate of drug-likeness (QED) is 0.160. The van der Waals surface area contributed by atoms with E-state index in [1.165, 1.54) is 6.07 Å². The largest absolute Gasteiger partial charge is 0.492 e. The average molecular weight is 624 g/mol. The van der Waals surface area contributed by atoms with Gasteiger partial charge in [0.15, 0.2) is 0 Å². The molecular formula is C38H42FN3O4. The van der Waals surface area contributed by atoms with Crippen LogP contribution in [0.1, 0.15) is 29.5 Å². The number of anilines is 1. The molecule has 46 heavy (non-hydrogen) atoms. The molecule has 1 saturated heterocycles. The zero-order valence-corrected chi connectivity index (χ0v) is 26.2. The third-order valence-electron chi connectivity index (χ3n) is 8.13. The summed E-state index contributed by atoms with van der Waals surface area (Å²) in [5.74, 6) is -0.115. The number of halogens is 1. The lowest BCUT2D eigenvalue weighted by Crippen LogP contribution is -2.38. The fourth-order valence-corrected chi connectivity index (χ4v) is 5.49. The van der Waals surface area contributed by atoms with Crippen molar-refractivity contribution in [2.75, 3.05) is 50.9 Å². The van der Waals surface area contributed by atoms with E-state index >= 15 is 0 Å². The molecule has 240 valence electrons. The molecule has 4 aromatic carbocycles. The Balaban J connectivity index is 1.27. The SMILES string of the molecule is O=C(CCC(=O)N(Cc1ccccc1F)c1cccc(OCCN2CCOCC2)c1)N(CCc1ccccc1)Cc1ccccc1. The van der Waals surface area contributed by atoms with Gasteiger partial charge in [-0.3, -0.25) is 14.5 Å². The molecule has 0 bridgehead atoms. The second-order valence-corrected chi connectivity index (χ2v) is 11.4. The van der Waals surface area contributed by atoms with Gasteiger partial charge in [0.1, 0.15) is 18.2 Å². The fraction of sp³-hybridized carbons (Fsp3) is 0.316. The van der Waals surface area contributed by atoms with Gasteiger partial charge in [-0.1, -0.05) is 84.9 Å². The average Bonchev–Trinajstić information content (AvgIpc) is 3.10. The van der Waals surface area contributed by atoms with E-state index in [1.54, 1.807) is 29.2 Å². The molecule has 1 heterocycles. The molecule has 2 amide bonds. The Morgan fingerprint density at radius 1 is 0.761 bits per heavy atom. The minimum Gasteiger partial charge on any atom is -0.492 e. The normalized spacial score (nSPS) is 13.2. The third kappa shape index (κ3) is 9.99. The summed E-state index contributed by atoms with van der Waals surface area (Å²) in [6.45, 7) is 5.52. The van der Waals surface area contributed by atoms with Crippen LogP contribution in [0, 0.1) is 5.82 Å². The van der Waals surface area contributed by atoms with Crippen molar-refractivity contribution in [1.29, 1.82) is 0 Å². The van der Waals surface area contributed by atoms with Crippen molar-refractivity contribution in [3.8, 4) is 5.75 Å². The second kappa shape index (κ2) is 17.2. The van der Waals surface area contributed by atoms with Crippen molar-refractivity contribution in [2.45, 2.75) is 32.4 Å². The molecule has 0 unspecified atom stereocenters. The number of carbonyl (C=O) groups is 2. The summed E-state index contributed by atoms with van der Waals surface area (Å²) in [4.78, 5) is 33.1. The van der Waals surface area contributed by atoms with E-state index in [0.717, 1.165) is 44.0 Å². The van der Waals surface area contributed by atoms with E-state index in [0.29, 0.717) is 43.1 Å². The maximum atomic E-state index is 14.8. The number of hydrogen-bond acceptors (Lipinski definition) is 5. The van der Waals surface area contributed by atoms with Gasteiger partial charge in [-0.25, -0.2) is 4.39 Å². The van der Waals surface area contributed by atoms with Gasteiger partial charge in [0, 0.05) is 62.9 Å². The minimum absolute atomic E-state index is 0.00791. The van der Waals surface area contributed by atoms with Crippen LogP contribution in [0.15, 0.2) is 109 Å². The first-order valence-electron chi connectivity index (χ1n) is 16.0. The van der Waals surface area contributed by atoms with Gasteiger partial charge in [-0.2, -0.15) is 0 Å². The Morgan fingerprint density at radius 3 is 2.17 bits per heavy atom. The topological polar surface area (TPSA) is 62.3 Å². The molecule has 7 nitrogen and oxygen atoms in total. The molecule has 0 radical (unpaired) electrons. The van der Waals surface area contributed by atoms with Crippen molar-refractivity contribution < 1.29 is 23.5 Å². The van der Waals surface area contributed by atoms with Crippen LogP contribution in [-0.2, 0) is 33.8 Å². The van der Waals surface area contributed by atoms with Crippen LogP contribution < -0.4 is 9.64 Å². The molecule has 4 aromatic rings. The maximum absolute atomic E-state index is 14.8. The Bertz CT molecular complexity index is 1530. The van der Waals surface area contributed by atoms with E-state index in [9.17, 15) is 14.0 Å². The Labute approximate surface area is 271 Å². The third-order valence-corrected chi connectivity index (χ3v) is 8.13. The van der Waals surface area contributed by atoms with Crippen molar-refractivity contribution >= 4 is 17.5 Å². The van der Waals surface area contributed by atoms with Gasteiger partial charge >= 0.3 is 0 Å². The van der Waals surface area contributed by atoms with E-state index in [2.05, 4.69) is 17.0 Å². The molecule has 1 aliphatic rings. The molecule has 0 spiro atoms. The molecule has 0 saturated carbocycles. The van der Waals surface area contributed by atoms with Gasteiger partial charge < -0.3 is 19.3 Å². The van der Waals surface area contributed by atoms with E-state index in [1.807, 2.05) is 71.6 Å². The fourth-order valence-electron chi connectivity index (χ4n) is 5.49. The standard InChI is InChI=1S/C38H42FN3O4/c39-36-17-8-7-14-33(36)30-42(34-15-9-16-35(28-34)46-27-24-40-22-25-45-26-23-40)38(44)19-18-37(43)41(29-32-12-5-2-6-13-32)21-20-31-10-3-1-4-11-31/h1-17,28H,18-27,29-30H2. The molecule has 0 atom stereocenters. The number of amides is 2. The highest BCUT2D eigenvalue weighted by atomic mass is 19.1. The number of benzene rings is 4. The van der Waals surface area contributed by atoms with Crippen LogP contribution in [0.5, 0.6) is 5.75 Å². The zero-order chi connectivity index (χ0) is 32.0. The lowest BCUT2D eigenvalue weighted by Gasteiger charge is -2.27. The summed E-state index contributed by atoms with van der Waals surface area (Å²) in [6, 6.07) is 33.7. The van der Waals surface area contributed by atoms with Crippen LogP contribution >= 0.6 is 0 Å². The minimum atomic E-state index is -0.385. The second-order valence-electron chi connectivity index (χ2n) is 11.4. The predicted molar refractivity (Wildman–Crippen MR) is 178 cm³/mol. The number of morpholine rings is 1. The molecule has 0 aromatic heterocycles. The summed E-state index contributed by atoms with van der Waals surface area (Å²) in [7, 11) is 0. The molecule has 0 N–H and O–H groups in total. The summed E-state index contributed by atoms with van der Waals surface area (Å²) >= 11 is 0. The van der Waals surface area contributed by atoms with Gasteiger partial charge in [0.05, 0.1) is 19.8 Å². The highest BCUT2D eigenvalue weighted by molar-refractivity contribution is 5.95. The lowest BCUT2D eigenvalue weighted by molar-refractivity contribution is -0.133. The number of carbonyl (C=O) groups excluding carboxylic acids is 2. The van der Waals surface area contributed by atoms with Gasteiger partial charge in [0.25, 0.3) is 0 Å². The van der Waals surface area contributed by atoms with Crippen LogP contribution in [0.4, 0.5) is 10.1 Å². The van der Waals surface area contributed by atoms with Crippen molar-refractivity contribution in [3.05, 3.63) is 132 Å². The Morgan fingerprint density at radius 2 is 1.43 bits per heavy atom. The van der Waals surface area contributed by atoms with Crippen LogP contribution in [0.25, 0.3) is 0 Å². The van der Waals surface area contributed by atoms with Crippen molar-refractivity contribution in [1.82, 2.24) is 9.80 Å². The highest BCUT2D eigenvalue weighted by Gasteiger charge is 2.22. The van der Waals surface area contributed by atoms with Gasteiger partial charge in [-0.05, 0) is 35.7 Å². The van der Waals surface area contributed by atoms with Gasteiger partial charge in [-0.15, -0.1) is 0 Å². The van der Waals surface area contributed by atoms with Gasteiger partial charge in [0.2, 0.25) is 11.8 Å². The molecule has 8 heteroatoms. The number of nitrogens with zero attached hydrogens (tertiary/aromatic N) is 3. The summed E-state index contributed by atoms with van der Waals surface area (Å²) < 4.78 is 26.2. The Hall–Kier alpha value is -4.53. The van der Waals surface area contributed by atoms with E-state index in [4.69, 9.17) is 9.47 Å². The first-order valence-corrected chi connectivity index (χ1v) is 16.0. The van der Waals surface area contributed by atoms with Crippen molar-refractivity contribution in [3.63, 3.8) is 0 Å². The molecule has 5 rings (SSSR count). The van der Waals surface area contributed by atoms with Crippen LogP contribution in [0.3, 0.4) is 0 Å². The predicted octanol–water partition coefficient (Wildman–Crippen LogP) is 6.12. The Kier molecular flexibility index (Phi) is 12.3. The molecule has 1 fully saturated rings. The lowest BCUT2D eigenvalue weighted by atomic mass is 10.1. The number of rotatable bonds is 15. The van der Waals surface area contributed by atoms with E-state index < -0.39 is 0 Å².